The van der Waals surface area contributed by atoms with Crippen LogP contribution in [0.4, 0.5) is 4.39 Å². The molecule has 3 amide bonds. The molecule has 196 valence electrons. The van der Waals surface area contributed by atoms with E-state index >= 15 is 0 Å². The fourth-order valence-corrected chi connectivity index (χ4v) is 4.29. The zero-order valence-electron chi connectivity index (χ0n) is 20.4. The number of nitrogens with zero attached hydrogens (tertiary/aromatic N) is 3. The van der Waals surface area contributed by atoms with Crippen LogP contribution in [-0.4, -0.2) is 69.9 Å². The summed E-state index contributed by atoms with van der Waals surface area (Å²) in [4.78, 5) is 58.5. The van der Waals surface area contributed by atoms with E-state index in [9.17, 15) is 28.7 Å². The molecule has 11 heteroatoms. The maximum absolute atomic E-state index is 13.7. The number of methoxy groups -OCH3 is 1. The van der Waals surface area contributed by atoms with Gasteiger partial charge in [0.25, 0.3) is 17.7 Å². The number of hydrogen-bond donors (Lipinski definition) is 2. The van der Waals surface area contributed by atoms with Gasteiger partial charge in [-0.25, -0.2) is 4.39 Å². The maximum atomic E-state index is 13.7. The third kappa shape index (κ3) is 5.77. The molecule has 3 aromatic rings. The van der Waals surface area contributed by atoms with Gasteiger partial charge in [0.1, 0.15) is 11.6 Å². The molecule has 1 fully saturated rings. The molecule has 1 aromatic heterocycles. The Morgan fingerprint density at radius 2 is 1.63 bits per heavy atom. The summed E-state index contributed by atoms with van der Waals surface area (Å²) in [6.07, 6.45) is 1.02. The molecule has 2 N–H and O–H groups in total. The number of rotatable bonds is 8. The van der Waals surface area contributed by atoms with Gasteiger partial charge in [0.15, 0.2) is 6.17 Å². The monoisotopic (exact) mass is 520 g/mol. The number of carboxylic acids is 1. The Balaban J connectivity index is 1.68. The summed E-state index contributed by atoms with van der Waals surface area (Å²) in [6.45, 7) is 0.125. The number of aromatic nitrogens is 1. The van der Waals surface area contributed by atoms with Gasteiger partial charge in [-0.3, -0.25) is 24.2 Å². The molecule has 0 radical (unpaired) electrons. The number of benzene rings is 2. The lowest BCUT2D eigenvalue weighted by Gasteiger charge is -2.31. The summed E-state index contributed by atoms with van der Waals surface area (Å²) in [5.74, 6) is -3.03. The summed E-state index contributed by atoms with van der Waals surface area (Å²) in [5.41, 5.74) is 0.882. The minimum absolute atomic E-state index is 0.0606. The predicted octanol–water partition coefficient (Wildman–Crippen LogP) is 2.49. The van der Waals surface area contributed by atoms with E-state index < -0.39 is 48.1 Å². The van der Waals surface area contributed by atoms with E-state index in [1.165, 1.54) is 59.6 Å². The van der Waals surface area contributed by atoms with Crippen molar-refractivity contribution in [2.24, 2.45) is 0 Å². The van der Waals surface area contributed by atoms with Crippen molar-refractivity contribution in [3.8, 4) is 5.75 Å². The molecular weight excluding hydrogens is 495 g/mol. The molecule has 2 heterocycles. The number of ether oxygens (including phenoxy) is 1. The second kappa shape index (κ2) is 11.5. The molecule has 4 rings (SSSR count). The van der Waals surface area contributed by atoms with Crippen molar-refractivity contribution in [2.75, 3.05) is 20.2 Å². The van der Waals surface area contributed by atoms with E-state index in [1.54, 1.807) is 18.2 Å². The molecule has 1 aliphatic heterocycles. The van der Waals surface area contributed by atoms with Gasteiger partial charge in [0.05, 0.1) is 19.6 Å². The van der Waals surface area contributed by atoms with Crippen LogP contribution in [0, 0.1) is 5.82 Å². The van der Waals surface area contributed by atoms with Crippen LogP contribution in [0.5, 0.6) is 5.75 Å². The third-order valence-corrected chi connectivity index (χ3v) is 6.14. The molecule has 10 nitrogen and oxygen atoms in total. The van der Waals surface area contributed by atoms with E-state index in [1.807, 2.05) is 0 Å². The van der Waals surface area contributed by atoms with E-state index in [0.29, 0.717) is 11.3 Å². The van der Waals surface area contributed by atoms with Crippen LogP contribution in [0.3, 0.4) is 0 Å². The summed E-state index contributed by atoms with van der Waals surface area (Å²) in [7, 11) is 1.46. The Labute approximate surface area is 217 Å². The fraction of sp³-hybridized carbons (Fsp3) is 0.222. The number of carboxylic acid groups (broad SMARTS) is 1. The van der Waals surface area contributed by atoms with E-state index in [0.717, 1.165) is 12.1 Å². The van der Waals surface area contributed by atoms with Gasteiger partial charge in [0.2, 0.25) is 0 Å². The van der Waals surface area contributed by atoms with Gasteiger partial charge in [-0.2, -0.15) is 0 Å². The highest BCUT2D eigenvalue weighted by Crippen LogP contribution is 2.25. The number of pyridine rings is 1. The van der Waals surface area contributed by atoms with Crippen LogP contribution in [0.25, 0.3) is 0 Å². The summed E-state index contributed by atoms with van der Waals surface area (Å²) in [5, 5.41) is 12.1. The topological polar surface area (TPSA) is 129 Å². The van der Waals surface area contributed by atoms with Crippen LogP contribution in [0.2, 0.25) is 0 Å². The Kier molecular flexibility index (Phi) is 7.95. The van der Waals surface area contributed by atoms with Crippen LogP contribution in [0.15, 0.2) is 73.1 Å². The highest BCUT2D eigenvalue weighted by atomic mass is 19.1. The van der Waals surface area contributed by atoms with Crippen LogP contribution in [0.1, 0.15) is 38.7 Å². The van der Waals surface area contributed by atoms with Gasteiger partial charge >= 0.3 is 5.97 Å². The van der Waals surface area contributed by atoms with Gasteiger partial charge in [-0.1, -0.05) is 18.2 Å². The molecule has 2 aromatic carbocycles. The summed E-state index contributed by atoms with van der Waals surface area (Å²) < 4.78 is 18.7. The Morgan fingerprint density at radius 1 is 1.00 bits per heavy atom. The Morgan fingerprint density at radius 3 is 2.24 bits per heavy atom. The minimum Gasteiger partial charge on any atom is -0.497 e. The first-order valence-electron chi connectivity index (χ1n) is 11.7. The molecule has 2 unspecified atom stereocenters. The lowest BCUT2D eigenvalue weighted by atomic mass is 10.0. The number of carbonyl (C=O) groups excluding carboxylic acids is 3. The first-order valence-corrected chi connectivity index (χ1v) is 11.7. The number of hydrogen-bond acceptors (Lipinski definition) is 6. The van der Waals surface area contributed by atoms with Crippen molar-refractivity contribution in [3.63, 3.8) is 0 Å². The molecule has 1 saturated heterocycles. The van der Waals surface area contributed by atoms with Gasteiger partial charge in [-0.05, 0) is 48.0 Å². The molecular formula is C27H25FN4O6. The maximum Gasteiger partial charge on any atom is 0.305 e. The van der Waals surface area contributed by atoms with Crippen LogP contribution < -0.4 is 10.1 Å². The minimum atomic E-state index is -1.37. The molecule has 0 aliphatic carbocycles. The quantitative estimate of drug-likeness (QED) is 0.467. The van der Waals surface area contributed by atoms with E-state index in [4.69, 9.17) is 4.74 Å². The van der Waals surface area contributed by atoms with Crippen molar-refractivity contribution < 1.29 is 33.4 Å². The summed E-state index contributed by atoms with van der Waals surface area (Å²) >= 11 is 0. The largest absolute Gasteiger partial charge is 0.497 e. The first kappa shape index (κ1) is 26.3. The van der Waals surface area contributed by atoms with Crippen molar-refractivity contribution in [1.82, 2.24) is 20.1 Å². The zero-order chi connectivity index (χ0) is 27.2. The van der Waals surface area contributed by atoms with Crippen molar-refractivity contribution in [3.05, 3.63) is 95.6 Å². The SMILES string of the molecule is COc1cccc(C(=O)N2CCN(C(=O)c3ccncc3)C2C(=O)NC(CC(=O)O)c2ccc(F)cc2)c1. The number of halogens is 1. The van der Waals surface area contributed by atoms with E-state index in [-0.39, 0.29) is 24.2 Å². The lowest BCUT2D eigenvalue weighted by Crippen LogP contribution is -2.54. The lowest BCUT2D eigenvalue weighted by molar-refractivity contribution is -0.138. The normalized spacial score (nSPS) is 15.6. The first-order chi connectivity index (χ1) is 18.3. The highest BCUT2D eigenvalue weighted by Gasteiger charge is 2.44. The standard InChI is InChI=1S/C27H25FN4O6/c1-38-21-4-2-3-19(15-21)27(37)32-14-13-31(26(36)18-9-11-29-12-10-18)25(32)24(35)30-22(16-23(33)34)17-5-7-20(28)8-6-17/h2-12,15,22,25H,13-14,16H2,1H3,(H,30,35)(H,33,34). The van der Waals surface area contributed by atoms with E-state index in [2.05, 4.69) is 10.3 Å². The molecule has 38 heavy (non-hydrogen) atoms. The van der Waals surface area contributed by atoms with Crippen molar-refractivity contribution in [1.29, 1.82) is 0 Å². The van der Waals surface area contributed by atoms with Gasteiger partial charge in [-0.15, -0.1) is 0 Å². The van der Waals surface area contributed by atoms with Crippen molar-refractivity contribution in [2.45, 2.75) is 18.6 Å². The second-order valence-corrected chi connectivity index (χ2v) is 8.55. The Bertz CT molecular complexity index is 1330. The fourth-order valence-electron chi connectivity index (χ4n) is 4.29. The van der Waals surface area contributed by atoms with Gasteiger partial charge in [0, 0.05) is 36.6 Å². The molecule has 0 spiro atoms. The van der Waals surface area contributed by atoms with Crippen LogP contribution in [-0.2, 0) is 9.59 Å². The molecule has 2 atom stereocenters. The average Bonchev–Trinajstić information content (AvgIpc) is 3.38. The number of amides is 3. The molecule has 0 saturated carbocycles. The Hall–Kier alpha value is -4.80. The number of carbonyl (C=O) groups is 4. The zero-order valence-corrected chi connectivity index (χ0v) is 20.4. The third-order valence-electron chi connectivity index (χ3n) is 6.14. The number of nitrogens with one attached hydrogen (secondary N) is 1. The van der Waals surface area contributed by atoms with Crippen molar-refractivity contribution >= 4 is 23.7 Å². The second-order valence-electron chi connectivity index (χ2n) is 8.55. The van der Waals surface area contributed by atoms with Gasteiger partial charge < -0.3 is 25.0 Å². The smallest absolute Gasteiger partial charge is 0.305 e. The predicted molar refractivity (Wildman–Crippen MR) is 133 cm³/mol. The van der Waals surface area contributed by atoms with Crippen LogP contribution >= 0.6 is 0 Å². The summed E-state index contributed by atoms with van der Waals surface area (Å²) in [6, 6.07) is 13.4. The average molecular weight is 521 g/mol. The number of aliphatic carboxylic acids is 1. The molecule has 0 bridgehead atoms. The molecule has 1 aliphatic rings. The highest BCUT2D eigenvalue weighted by molar-refractivity contribution is 6.02.